The van der Waals surface area contributed by atoms with Crippen LogP contribution >= 0.6 is 11.3 Å². The van der Waals surface area contributed by atoms with Gasteiger partial charge < -0.3 is 4.57 Å². The van der Waals surface area contributed by atoms with E-state index in [1.807, 2.05) is 35.3 Å². The van der Waals surface area contributed by atoms with Gasteiger partial charge in [0.2, 0.25) is 10.0 Å². The standard InChI is InChI=1S/C19H23N3O3S2/c1-21-11-12-26-19(21)20-18(23)15-7-9-22(10-8-15)27(24,25)17-6-5-14-3-2-4-16(14)13-17/h5-6,11-13,15H,2-4,7-10H2,1H3. The summed E-state index contributed by atoms with van der Waals surface area (Å²) >= 11 is 1.42. The van der Waals surface area contributed by atoms with Crippen LogP contribution in [0.3, 0.4) is 0 Å². The lowest BCUT2D eigenvalue weighted by molar-refractivity contribution is -0.122. The number of thiazole rings is 1. The molecule has 1 aromatic carbocycles. The third-order valence-electron chi connectivity index (χ3n) is 5.48. The van der Waals surface area contributed by atoms with E-state index in [0.717, 1.165) is 24.8 Å². The minimum Gasteiger partial charge on any atom is -0.327 e. The van der Waals surface area contributed by atoms with Crippen LogP contribution in [0.25, 0.3) is 0 Å². The predicted octanol–water partition coefficient (Wildman–Crippen LogP) is 2.10. The molecule has 0 unspecified atom stereocenters. The van der Waals surface area contributed by atoms with Gasteiger partial charge in [0, 0.05) is 37.6 Å². The Bertz CT molecular complexity index is 1030. The van der Waals surface area contributed by atoms with Crippen molar-refractivity contribution in [2.24, 2.45) is 18.0 Å². The lowest BCUT2D eigenvalue weighted by atomic mass is 9.98. The van der Waals surface area contributed by atoms with E-state index in [2.05, 4.69) is 4.99 Å². The van der Waals surface area contributed by atoms with Crippen molar-refractivity contribution in [2.75, 3.05) is 13.1 Å². The molecule has 0 saturated carbocycles. The van der Waals surface area contributed by atoms with Crippen LogP contribution in [0.5, 0.6) is 0 Å². The summed E-state index contributed by atoms with van der Waals surface area (Å²) in [4.78, 5) is 17.7. The maximum absolute atomic E-state index is 13.0. The van der Waals surface area contributed by atoms with E-state index >= 15 is 0 Å². The molecule has 1 fully saturated rings. The molecule has 2 heterocycles. The highest BCUT2D eigenvalue weighted by Crippen LogP contribution is 2.28. The van der Waals surface area contributed by atoms with Crippen molar-refractivity contribution < 1.29 is 13.2 Å². The van der Waals surface area contributed by atoms with Crippen LogP contribution in [-0.2, 0) is 34.7 Å². The first-order valence-corrected chi connectivity index (χ1v) is 11.6. The number of carbonyl (C=O) groups excluding carboxylic acids is 1. The number of carbonyl (C=O) groups is 1. The zero-order valence-corrected chi connectivity index (χ0v) is 16.9. The normalized spacial score (nSPS) is 19.4. The summed E-state index contributed by atoms with van der Waals surface area (Å²) in [5, 5.41) is 1.89. The molecule has 2 aromatic rings. The summed E-state index contributed by atoms with van der Waals surface area (Å²) in [6, 6.07) is 5.51. The topological polar surface area (TPSA) is 71.7 Å². The van der Waals surface area contributed by atoms with E-state index in [-0.39, 0.29) is 11.8 Å². The highest BCUT2D eigenvalue weighted by Gasteiger charge is 2.32. The van der Waals surface area contributed by atoms with Gasteiger partial charge in [-0.1, -0.05) is 6.07 Å². The van der Waals surface area contributed by atoms with Crippen molar-refractivity contribution in [3.63, 3.8) is 0 Å². The average molecular weight is 406 g/mol. The summed E-state index contributed by atoms with van der Waals surface area (Å²) < 4.78 is 29.3. The second-order valence-corrected chi connectivity index (χ2v) is 10.0. The summed E-state index contributed by atoms with van der Waals surface area (Å²) in [5.74, 6) is -0.360. The summed E-state index contributed by atoms with van der Waals surface area (Å²) in [6.45, 7) is 0.726. The molecule has 1 aliphatic heterocycles. The Labute approximate surface area is 163 Å². The Hall–Kier alpha value is -1.77. The molecule has 0 radical (unpaired) electrons. The van der Waals surface area contributed by atoms with Crippen LogP contribution in [0.2, 0.25) is 0 Å². The zero-order chi connectivity index (χ0) is 19.0. The highest BCUT2D eigenvalue weighted by atomic mass is 32.2. The van der Waals surface area contributed by atoms with Gasteiger partial charge in [0.1, 0.15) is 0 Å². The number of hydrogen-bond donors (Lipinski definition) is 0. The number of benzene rings is 1. The van der Waals surface area contributed by atoms with Crippen molar-refractivity contribution in [1.82, 2.24) is 8.87 Å². The average Bonchev–Trinajstić information content (AvgIpc) is 3.30. The molecule has 0 atom stereocenters. The van der Waals surface area contributed by atoms with Gasteiger partial charge in [-0.05, 0) is 55.4 Å². The van der Waals surface area contributed by atoms with Crippen molar-refractivity contribution in [1.29, 1.82) is 0 Å². The first-order chi connectivity index (χ1) is 12.9. The van der Waals surface area contributed by atoms with Crippen molar-refractivity contribution in [2.45, 2.75) is 37.0 Å². The molecule has 1 aromatic heterocycles. The maximum atomic E-state index is 13.0. The number of aryl methyl sites for hydroxylation is 3. The fourth-order valence-electron chi connectivity index (χ4n) is 3.82. The van der Waals surface area contributed by atoms with Gasteiger partial charge in [0.25, 0.3) is 5.91 Å². The molecule has 27 heavy (non-hydrogen) atoms. The van der Waals surface area contributed by atoms with Crippen LogP contribution in [0.15, 0.2) is 39.7 Å². The molecule has 4 rings (SSSR count). The van der Waals surface area contributed by atoms with Gasteiger partial charge in [0.15, 0.2) is 4.80 Å². The van der Waals surface area contributed by atoms with E-state index in [4.69, 9.17) is 0 Å². The number of fused-ring (bicyclic) bond motifs is 1. The number of amides is 1. The fourth-order valence-corrected chi connectivity index (χ4v) is 6.08. The van der Waals surface area contributed by atoms with Gasteiger partial charge in [-0.15, -0.1) is 11.3 Å². The maximum Gasteiger partial charge on any atom is 0.251 e. The van der Waals surface area contributed by atoms with E-state index in [0.29, 0.717) is 35.6 Å². The molecule has 1 amide bonds. The van der Waals surface area contributed by atoms with Crippen LogP contribution in [0.1, 0.15) is 30.4 Å². The Kier molecular flexibility index (Phi) is 5.05. The van der Waals surface area contributed by atoms with Crippen LogP contribution in [-0.4, -0.2) is 36.3 Å². The molecular formula is C19H23N3O3S2. The third kappa shape index (κ3) is 3.66. The van der Waals surface area contributed by atoms with E-state index in [1.54, 1.807) is 6.07 Å². The SMILES string of the molecule is Cn1ccsc1=NC(=O)C1CCN(S(=O)(=O)c2ccc3c(c2)CCC3)CC1. The second-order valence-electron chi connectivity index (χ2n) is 7.21. The number of rotatable bonds is 3. The smallest absolute Gasteiger partial charge is 0.251 e. The summed E-state index contributed by atoms with van der Waals surface area (Å²) in [5.41, 5.74) is 2.42. The molecule has 8 heteroatoms. The number of nitrogens with zero attached hydrogens (tertiary/aromatic N) is 3. The Morgan fingerprint density at radius 3 is 2.63 bits per heavy atom. The molecule has 2 aliphatic rings. The molecule has 6 nitrogen and oxygen atoms in total. The lowest BCUT2D eigenvalue weighted by Crippen LogP contribution is -2.40. The largest absolute Gasteiger partial charge is 0.327 e. The number of hydrogen-bond acceptors (Lipinski definition) is 4. The van der Waals surface area contributed by atoms with E-state index in [1.165, 1.54) is 21.2 Å². The van der Waals surface area contributed by atoms with Crippen LogP contribution in [0.4, 0.5) is 0 Å². The molecule has 0 N–H and O–H groups in total. The molecule has 0 bridgehead atoms. The highest BCUT2D eigenvalue weighted by molar-refractivity contribution is 7.89. The van der Waals surface area contributed by atoms with Gasteiger partial charge in [0.05, 0.1) is 4.90 Å². The van der Waals surface area contributed by atoms with Gasteiger partial charge in [-0.25, -0.2) is 8.42 Å². The molecule has 1 saturated heterocycles. The molecule has 1 aliphatic carbocycles. The van der Waals surface area contributed by atoms with Crippen LogP contribution < -0.4 is 4.80 Å². The minimum atomic E-state index is -3.50. The quantitative estimate of drug-likeness (QED) is 0.785. The van der Waals surface area contributed by atoms with E-state index in [9.17, 15) is 13.2 Å². The van der Waals surface area contributed by atoms with Gasteiger partial charge in [-0.3, -0.25) is 4.79 Å². The number of aromatic nitrogens is 1. The van der Waals surface area contributed by atoms with Crippen molar-refractivity contribution in [3.05, 3.63) is 45.7 Å². The monoisotopic (exact) mass is 405 g/mol. The van der Waals surface area contributed by atoms with Crippen LogP contribution in [0, 0.1) is 5.92 Å². The fraction of sp³-hybridized carbons (Fsp3) is 0.474. The first kappa shape index (κ1) is 18.6. The Morgan fingerprint density at radius 1 is 1.19 bits per heavy atom. The first-order valence-electron chi connectivity index (χ1n) is 9.26. The lowest BCUT2D eigenvalue weighted by Gasteiger charge is -2.29. The molecular weight excluding hydrogens is 382 g/mol. The zero-order valence-electron chi connectivity index (χ0n) is 15.3. The summed E-state index contributed by atoms with van der Waals surface area (Å²) in [7, 11) is -1.64. The second kappa shape index (κ2) is 7.33. The third-order valence-corrected chi connectivity index (χ3v) is 8.22. The summed E-state index contributed by atoms with van der Waals surface area (Å²) in [6.07, 6.45) is 5.98. The van der Waals surface area contributed by atoms with Gasteiger partial charge >= 0.3 is 0 Å². The van der Waals surface area contributed by atoms with Gasteiger partial charge in [-0.2, -0.15) is 9.30 Å². The number of piperidine rings is 1. The van der Waals surface area contributed by atoms with Crippen molar-refractivity contribution >= 4 is 27.3 Å². The predicted molar refractivity (Wildman–Crippen MR) is 104 cm³/mol. The molecule has 144 valence electrons. The molecule has 0 spiro atoms. The Balaban J connectivity index is 1.46. The number of sulfonamides is 1. The minimum absolute atomic E-state index is 0.150. The van der Waals surface area contributed by atoms with Crippen molar-refractivity contribution in [3.8, 4) is 0 Å². The van der Waals surface area contributed by atoms with E-state index < -0.39 is 10.0 Å². The Morgan fingerprint density at radius 2 is 1.93 bits per heavy atom.